The van der Waals surface area contributed by atoms with Gasteiger partial charge >= 0.3 is 5.97 Å². The van der Waals surface area contributed by atoms with E-state index in [0.717, 1.165) is 11.4 Å². The van der Waals surface area contributed by atoms with E-state index in [1.54, 1.807) is 6.33 Å². The second-order valence-corrected chi connectivity index (χ2v) is 5.69. The Bertz CT molecular complexity index is 668. The molecule has 2 N–H and O–H groups in total. The maximum atomic E-state index is 11.5. The van der Waals surface area contributed by atoms with Gasteiger partial charge < -0.3 is 10.1 Å². The van der Waals surface area contributed by atoms with Crippen LogP contribution < -0.4 is 0 Å². The fourth-order valence-corrected chi connectivity index (χ4v) is 2.97. The molecule has 8 heteroatoms. The molecule has 0 spiro atoms. The molecule has 0 amide bonds. The topological polar surface area (TPSA) is 82.1 Å². The number of carboxylic acids is 1. The van der Waals surface area contributed by atoms with E-state index >= 15 is 0 Å². The monoisotopic (exact) mass is 326 g/mol. The first-order valence-electron chi connectivity index (χ1n) is 6.32. The number of H-pyrrole nitrogens is 1. The van der Waals surface area contributed by atoms with Crippen LogP contribution in [0.2, 0.25) is 10.0 Å². The number of nitrogens with one attached hydrogen (secondary N) is 1. The second-order valence-electron chi connectivity index (χ2n) is 4.87. The first-order valence-corrected chi connectivity index (χ1v) is 7.07. The van der Waals surface area contributed by atoms with E-state index < -0.39 is 12.0 Å². The number of carboxylic acid groups (broad SMARTS) is 1. The molecule has 3 heterocycles. The van der Waals surface area contributed by atoms with Crippen LogP contribution in [-0.4, -0.2) is 37.0 Å². The Morgan fingerprint density at radius 3 is 2.81 bits per heavy atom. The minimum atomic E-state index is -0.884. The average Bonchev–Trinajstić information content (AvgIpc) is 2.89. The van der Waals surface area contributed by atoms with Crippen molar-refractivity contribution in [3.05, 3.63) is 45.7 Å². The lowest BCUT2D eigenvalue weighted by atomic mass is 10.0. The zero-order valence-electron chi connectivity index (χ0n) is 10.9. The van der Waals surface area contributed by atoms with Crippen molar-refractivity contribution in [1.29, 1.82) is 0 Å². The fourth-order valence-electron chi connectivity index (χ4n) is 2.49. The van der Waals surface area contributed by atoms with E-state index in [0.29, 0.717) is 35.1 Å². The third kappa shape index (κ3) is 2.74. The molecule has 0 saturated carbocycles. The zero-order chi connectivity index (χ0) is 15.0. The van der Waals surface area contributed by atoms with Crippen LogP contribution in [0.4, 0.5) is 0 Å². The van der Waals surface area contributed by atoms with Crippen LogP contribution in [0.25, 0.3) is 0 Å². The molecule has 0 radical (unpaired) electrons. The van der Waals surface area contributed by atoms with Gasteiger partial charge in [0, 0.05) is 37.5 Å². The lowest BCUT2D eigenvalue weighted by Crippen LogP contribution is -2.45. The third-order valence-electron chi connectivity index (χ3n) is 3.59. The lowest BCUT2D eigenvalue weighted by molar-refractivity contribution is -0.144. The molecule has 0 aliphatic carbocycles. The maximum Gasteiger partial charge on any atom is 0.321 e. The van der Waals surface area contributed by atoms with Crippen LogP contribution in [0, 0.1) is 0 Å². The van der Waals surface area contributed by atoms with E-state index in [1.807, 2.05) is 4.90 Å². The molecule has 0 saturated heterocycles. The highest BCUT2D eigenvalue weighted by atomic mass is 35.5. The summed E-state index contributed by atoms with van der Waals surface area (Å²) < 4.78 is 0. The highest BCUT2D eigenvalue weighted by Gasteiger charge is 2.33. The van der Waals surface area contributed by atoms with Gasteiger partial charge in [0.1, 0.15) is 6.04 Å². The summed E-state index contributed by atoms with van der Waals surface area (Å²) in [6.45, 7) is 0.802. The van der Waals surface area contributed by atoms with Crippen molar-refractivity contribution in [3.8, 4) is 0 Å². The van der Waals surface area contributed by atoms with Crippen LogP contribution in [0.1, 0.15) is 17.0 Å². The van der Waals surface area contributed by atoms with Crippen molar-refractivity contribution >= 4 is 29.2 Å². The SMILES string of the molecule is O=C(O)C1Cc2nc[nH]c2CN1Cc1c(Cl)cncc1Cl. The van der Waals surface area contributed by atoms with Crippen LogP contribution in [0.3, 0.4) is 0 Å². The lowest BCUT2D eigenvalue weighted by Gasteiger charge is -2.32. The third-order valence-corrected chi connectivity index (χ3v) is 4.25. The van der Waals surface area contributed by atoms with Gasteiger partial charge in [0.2, 0.25) is 0 Å². The minimum absolute atomic E-state index is 0.343. The number of rotatable bonds is 3. The Morgan fingerprint density at radius 1 is 1.43 bits per heavy atom. The summed E-state index contributed by atoms with van der Waals surface area (Å²) in [4.78, 5) is 24.4. The highest BCUT2D eigenvalue weighted by molar-refractivity contribution is 6.35. The van der Waals surface area contributed by atoms with Crippen LogP contribution >= 0.6 is 23.2 Å². The van der Waals surface area contributed by atoms with Gasteiger partial charge in [-0.25, -0.2) is 4.98 Å². The maximum absolute atomic E-state index is 11.5. The summed E-state index contributed by atoms with van der Waals surface area (Å²) >= 11 is 12.2. The molecule has 3 rings (SSSR count). The van der Waals surface area contributed by atoms with E-state index in [9.17, 15) is 9.90 Å². The van der Waals surface area contributed by atoms with E-state index in [1.165, 1.54) is 12.4 Å². The van der Waals surface area contributed by atoms with Gasteiger partial charge in [0.25, 0.3) is 0 Å². The molecule has 1 aliphatic heterocycles. The molecule has 0 fully saturated rings. The summed E-state index contributed by atoms with van der Waals surface area (Å²) in [5.41, 5.74) is 2.40. The molecular weight excluding hydrogens is 315 g/mol. The predicted octanol–water partition coefficient (Wildman–Crippen LogP) is 2.12. The quantitative estimate of drug-likeness (QED) is 0.902. The number of aromatic amines is 1. The number of hydrogen-bond donors (Lipinski definition) is 2. The normalized spacial score (nSPS) is 18.5. The van der Waals surface area contributed by atoms with Gasteiger partial charge in [-0.05, 0) is 0 Å². The van der Waals surface area contributed by atoms with Crippen LogP contribution in [0.5, 0.6) is 0 Å². The number of nitrogens with zero attached hydrogens (tertiary/aromatic N) is 3. The molecular formula is C13H12Cl2N4O2. The van der Waals surface area contributed by atoms with Crippen LogP contribution in [0.15, 0.2) is 18.7 Å². The Hall–Kier alpha value is -1.63. The van der Waals surface area contributed by atoms with Gasteiger partial charge in [-0.2, -0.15) is 0 Å². The van der Waals surface area contributed by atoms with Gasteiger partial charge in [-0.1, -0.05) is 23.2 Å². The summed E-state index contributed by atoms with van der Waals surface area (Å²) in [5, 5.41) is 10.3. The average molecular weight is 327 g/mol. The fraction of sp³-hybridized carbons (Fsp3) is 0.308. The summed E-state index contributed by atoms with van der Waals surface area (Å²) in [6, 6.07) is -0.652. The molecule has 1 aliphatic rings. The van der Waals surface area contributed by atoms with Crippen molar-refractivity contribution in [3.63, 3.8) is 0 Å². The van der Waals surface area contributed by atoms with Crippen molar-refractivity contribution < 1.29 is 9.90 Å². The summed E-state index contributed by atoms with van der Waals surface area (Å²) in [6.07, 6.45) is 4.95. The van der Waals surface area contributed by atoms with E-state index in [-0.39, 0.29) is 0 Å². The molecule has 6 nitrogen and oxygen atoms in total. The van der Waals surface area contributed by atoms with Gasteiger partial charge in [0.15, 0.2) is 0 Å². The Labute approximate surface area is 130 Å². The number of carbonyl (C=O) groups is 1. The molecule has 2 aromatic rings. The Kier molecular flexibility index (Phi) is 3.84. The second kappa shape index (κ2) is 5.63. The largest absolute Gasteiger partial charge is 0.480 e. The molecule has 110 valence electrons. The molecule has 0 bridgehead atoms. The van der Waals surface area contributed by atoms with E-state index in [4.69, 9.17) is 23.2 Å². The van der Waals surface area contributed by atoms with Crippen molar-refractivity contribution in [2.45, 2.75) is 25.6 Å². The van der Waals surface area contributed by atoms with Gasteiger partial charge in [-0.3, -0.25) is 14.7 Å². The Balaban J connectivity index is 1.91. The van der Waals surface area contributed by atoms with Gasteiger partial charge in [-0.15, -0.1) is 0 Å². The van der Waals surface area contributed by atoms with Crippen LogP contribution in [-0.2, 0) is 24.3 Å². The zero-order valence-corrected chi connectivity index (χ0v) is 12.4. The first-order chi connectivity index (χ1) is 10.1. The molecule has 1 atom stereocenters. The number of pyridine rings is 1. The van der Waals surface area contributed by atoms with E-state index in [2.05, 4.69) is 15.0 Å². The number of imidazole rings is 1. The number of hydrogen-bond acceptors (Lipinski definition) is 4. The predicted molar refractivity (Wildman–Crippen MR) is 77.2 cm³/mol. The minimum Gasteiger partial charge on any atom is -0.480 e. The smallest absolute Gasteiger partial charge is 0.321 e. The van der Waals surface area contributed by atoms with Crippen molar-refractivity contribution in [2.24, 2.45) is 0 Å². The molecule has 2 aromatic heterocycles. The molecule has 0 aromatic carbocycles. The highest BCUT2D eigenvalue weighted by Crippen LogP contribution is 2.28. The van der Waals surface area contributed by atoms with Crippen molar-refractivity contribution in [2.75, 3.05) is 0 Å². The Morgan fingerprint density at radius 2 is 2.14 bits per heavy atom. The molecule has 1 unspecified atom stereocenters. The summed E-state index contributed by atoms with van der Waals surface area (Å²) in [7, 11) is 0. The van der Waals surface area contributed by atoms with Crippen molar-refractivity contribution in [1.82, 2.24) is 19.9 Å². The number of aliphatic carboxylic acids is 1. The first kappa shape index (κ1) is 14.3. The number of halogens is 2. The standard InChI is InChI=1S/C13H12Cl2N4O2/c14-8-2-16-3-9(15)7(8)4-19-5-11-10(17-6-18-11)1-12(19)13(20)21/h2-3,6,12H,1,4-5H2,(H,17,18)(H,20,21). The summed E-state index contributed by atoms with van der Waals surface area (Å²) in [5.74, 6) is -0.884. The molecule has 21 heavy (non-hydrogen) atoms. The number of aromatic nitrogens is 3. The van der Waals surface area contributed by atoms with Gasteiger partial charge in [0.05, 0.1) is 27.8 Å². The number of fused-ring (bicyclic) bond motifs is 1.